The van der Waals surface area contributed by atoms with Crippen molar-refractivity contribution in [2.75, 3.05) is 26.2 Å². The first-order chi connectivity index (χ1) is 9.60. The van der Waals surface area contributed by atoms with E-state index in [-0.39, 0.29) is 11.8 Å². The molecule has 110 valence electrons. The fourth-order valence-corrected chi connectivity index (χ4v) is 2.22. The van der Waals surface area contributed by atoms with Gasteiger partial charge in [-0.3, -0.25) is 9.59 Å². The monoisotopic (exact) mass is 276 g/mol. The average Bonchev–Trinajstić information content (AvgIpc) is 2.49. The number of hydrogen-bond donors (Lipinski definition) is 0. The Balaban J connectivity index is 3.17. The van der Waals surface area contributed by atoms with Crippen molar-refractivity contribution in [3.05, 3.63) is 35.4 Å². The van der Waals surface area contributed by atoms with Gasteiger partial charge >= 0.3 is 0 Å². The van der Waals surface area contributed by atoms with Crippen LogP contribution >= 0.6 is 0 Å². The van der Waals surface area contributed by atoms with Crippen LogP contribution in [-0.2, 0) is 0 Å². The van der Waals surface area contributed by atoms with Crippen LogP contribution in [0.1, 0.15) is 48.4 Å². The van der Waals surface area contributed by atoms with Gasteiger partial charge in [0.05, 0.1) is 11.1 Å². The molecule has 0 aliphatic heterocycles. The predicted octanol–water partition coefficient (Wildman–Crippen LogP) is 2.65. The molecule has 0 aliphatic carbocycles. The van der Waals surface area contributed by atoms with Gasteiger partial charge in [-0.15, -0.1) is 0 Å². The van der Waals surface area contributed by atoms with E-state index in [0.29, 0.717) is 37.3 Å². The van der Waals surface area contributed by atoms with E-state index in [1.54, 1.807) is 34.1 Å². The van der Waals surface area contributed by atoms with Crippen LogP contribution in [0.4, 0.5) is 0 Å². The van der Waals surface area contributed by atoms with Crippen molar-refractivity contribution < 1.29 is 9.59 Å². The number of nitrogens with zero attached hydrogens (tertiary/aromatic N) is 2. The van der Waals surface area contributed by atoms with Crippen LogP contribution in [0.2, 0.25) is 0 Å². The molecule has 0 radical (unpaired) electrons. The Hall–Kier alpha value is -1.84. The van der Waals surface area contributed by atoms with Gasteiger partial charge in [0.15, 0.2) is 0 Å². The molecule has 20 heavy (non-hydrogen) atoms. The minimum atomic E-state index is -0.0777. The van der Waals surface area contributed by atoms with E-state index in [9.17, 15) is 9.59 Å². The molecular formula is C16H24N2O2. The minimum absolute atomic E-state index is 0.0777. The summed E-state index contributed by atoms with van der Waals surface area (Å²) >= 11 is 0. The van der Waals surface area contributed by atoms with Gasteiger partial charge in [0, 0.05) is 26.2 Å². The largest absolute Gasteiger partial charge is 0.339 e. The zero-order chi connectivity index (χ0) is 15.1. The Morgan fingerprint density at radius 3 is 1.30 bits per heavy atom. The summed E-state index contributed by atoms with van der Waals surface area (Å²) in [7, 11) is 0. The fourth-order valence-electron chi connectivity index (χ4n) is 2.22. The summed E-state index contributed by atoms with van der Waals surface area (Å²) < 4.78 is 0. The van der Waals surface area contributed by atoms with Crippen molar-refractivity contribution in [2.45, 2.75) is 27.7 Å². The maximum Gasteiger partial charge on any atom is 0.254 e. The van der Waals surface area contributed by atoms with E-state index in [1.165, 1.54) is 0 Å². The molecular weight excluding hydrogens is 252 g/mol. The van der Waals surface area contributed by atoms with E-state index >= 15 is 0 Å². The van der Waals surface area contributed by atoms with Gasteiger partial charge in [-0.05, 0) is 39.8 Å². The fraction of sp³-hybridized carbons (Fsp3) is 0.500. The molecule has 0 N–H and O–H groups in total. The topological polar surface area (TPSA) is 40.6 Å². The summed E-state index contributed by atoms with van der Waals surface area (Å²) in [5.41, 5.74) is 0.987. The summed E-state index contributed by atoms with van der Waals surface area (Å²) in [4.78, 5) is 28.4. The lowest BCUT2D eigenvalue weighted by Gasteiger charge is -2.23. The second-order valence-corrected chi connectivity index (χ2v) is 4.50. The van der Waals surface area contributed by atoms with Crippen LogP contribution in [0.25, 0.3) is 0 Å². The molecule has 0 atom stereocenters. The van der Waals surface area contributed by atoms with Gasteiger partial charge in [-0.1, -0.05) is 12.1 Å². The number of amides is 2. The van der Waals surface area contributed by atoms with Crippen LogP contribution in [-0.4, -0.2) is 47.8 Å². The third-order valence-electron chi connectivity index (χ3n) is 3.49. The lowest BCUT2D eigenvalue weighted by Crippen LogP contribution is -2.35. The Morgan fingerprint density at radius 1 is 0.750 bits per heavy atom. The standard InChI is InChI=1S/C16H24N2O2/c1-5-17(6-2)15(19)13-11-9-10-12-14(13)16(20)18(7-3)8-4/h9-12H,5-8H2,1-4H3. The number of carbonyl (C=O) groups is 2. The average molecular weight is 276 g/mol. The molecule has 0 bridgehead atoms. The van der Waals surface area contributed by atoms with E-state index < -0.39 is 0 Å². The first-order valence-electron chi connectivity index (χ1n) is 7.28. The van der Waals surface area contributed by atoms with Gasteiger partial charge in [0.1, 0.15) is 0 Å². The summed E-state index contributed by atoms with van der Waals surface area (Å²) in [5.74, 6) is -0.155. The number of rotatable bonds is 6. The van der Waals surface area contributed by atoms with Crippen molar-refractivity contribution in [1.82, 2.24) is 9.80 Å². The zero-order valence-corrected chi connectivity index (χ0v) is 12.8. The summed E-state index contributed by atoms with van der Waals surface area (Å²) in [6.45, 7) is 10.3. The van der Waals surface area contributed by atoms with E-state index in [4.69, 9.17) is 0 Å². The second kappa shape index (κ2) is 7.68. The Morgan fingerprint density at radius 2 is 1.05 bits per heavy atom. The lowest BCUT2D eigenvalue weighted by molar-refractivity contribution is 0.0733. The Labute approximate surface area is 121 Å². The van der Waals surface area contributed by atoms with Crippen LogP contribution in [0.15, 0.2) is 24.3 Å². The maximum atomic E-state index is 12.5. The second-order valence-electron chi connectivity index (χ2n) is 4.50. The molecule has 2 amide bonds. The number of hydrogen-bond acceptors (Lipinski definition) is 2. The highest BCUT2D eigenvalue weighted by Crippen LogP contribution is 2.14. The molecule has 0 unspecified atom stereocenters. The Kier molecular flexibility index (Phi) is 6.22. The first kappa shape index (κ1) is 16.2. The maximum absolute atomic E-state index is 12.5. The molecule has 0 aliphatic rings. The minimum Gasteiger partial charge on any atom is -0.339 e. The highest BCUT2D eigenvalue weighted by Gasteiger charge is 2.22. The number of benzene rings is 1. The molecule has 1 aromatic rings. The molecule has 0 saturated heterocycles. The van der Waals surface area contributed by atoms with Crippen molar-refractivity contribution in [3.63, 3.8) is 0 Å². The SMILES string of the molecule is CCN(CC)C(=O)c1ccccc1C(=O)N(CC)CC. The molecule has 0 saturated carbocycles. The predicted molar refractivity (Wildman–Crippen MR) is 80.9 cm³/mol. The Bertz CT molecular complexity index is 420. The van der Waals surface area contributed by atoms with Crippen LogP contribution in [0.5, 0.6) is 0 Å². The van der Waals surface area contributed by atoms with Gasteiger partial charge in [0.25, 0.3) is 11.8 Å². The lowest BCUT2D eigenvalue weighted by atomic mass is 10.0. The van der Waals surface area contributed by atoms with E-state index in [0.717, 1.165) is 0 Å². The molecule has 0 heterocycles. The highest BCUT2D eigenvalue weighted by molar-refractivity contribution is 6.07. The first-order valence-corrected chi connectivity index (χ1v) is 7.28. The van der Waals surface area contributed by atoms with Crippen molar-refractivity contribution in [2.24, 2.45) is 0 Å². The molecule has 4 heteroatoms. The van der Waals surface area contributed by atoms with Gasteiger partial charge < -0.3 is 9.80 Å². The van der Waals surface area contributed by atoms with Crippen LogP contribution < -0.4 is 0 Å². The zero-order valence-electron chi connectivity index (χ0n) is 12.8. The molecule has 0 aromatic heterocycles. The van der Waals surface area contributed by atoms with Gasteiger partial charge in [-0.2, -0.15) is 0 Å². The van der Waals surface area contributed by atoms with E-state index in [2.05, 4.69) is 0 Å². The molecule has 0 fully saturated rings. The van der Waals surface area contributed by atoms with Crippen LogP contribution in [0, 0.1) is 0 Å². The van der Waals surface area contributed by atoms with Crippen molar-refractivity contribution in [1.29, 1.82) is 0 Å². The highest BCUT2D eigenvalue weighted by atomic mass is 16.2. The third kappa shape index (κ3) is 3.38. The summed E-state index contributed by atoms with van der Waals surface area (Å²) in [6, 6.07) is 7.07. The molecule has 4 nitrogen and oxygen atoms in total. The molecule has 1 aromatic carbocycles. The van der Waals surface area contributed by atoms with Crippen molar-refractivity contribution >= 4 is 11.8 Å². The quantitative estimate of drug-likeness (QED) is 0.801. The smallest absolute Gasteiger partial charge is 0.254 e. The molecule has 0 spiro atoms. The molecule has 1 rings (SSSR count). The van der Waals surface area contributed by atoms with E-state index in [1.807, 2.05) is 27.7 Å². The van der Waals surface area contributed by atoms with Crippen LogP contribution in [0.3, 0.4) is 0 Å². The van der Waals surface area contributed by atoms with Crippen molar-refractivity contribution in [3.8, 4) is 0 Å². The van der Waals surface area contributed by atoms with Gasteiger partial charge in [-0.25, -0.2) is 0 Å². The summed E-state index contributed by atoms with van der Waals surface area (Å²) in [6.07, 6.45) is 0. The van der Waals surface area contributed by atoms with Gasteiger partial charge in [0.2, 0.25) is 0 Å². The normalized spacial score (nSPS) is 10.2. The summed E-state index contributed by atoms with van der Waals surface area (Å²) in [5, 5.41) is 0. The third-order valence-corrected chi connectivity index (χ3v) is 3.49. The number of carbonyl (C=O) groups excluding carboxylic acids is 2.